The van der Waals surface area contributed by atoms with E-state index in [4.69, 9.17) is 0 Å². The lowest BCUT2D eigenvalue weighted by molar-refractivity contribution is 0.0963. The van der Waals surface area contributed by atoms with Crippen LogP contribution in [0.1, 0.15) is 21.6 Å². The molecule has 1 heterocycles. The Bertz CT molecular complexity index is 598. The first-order chi connectivity index (χ1) is 9.69. The van der Waals surface area contributed by atoms with Crippen LogP contribution < -0.4 is 10.6 Å². The van der Waals surface area contributed by atoms with Gasteiger partial charge in [0.2, 0.25) is 5.95 Å². The zero-order valence-electron chi connectivity index (χ0n) is 11.7. The largest absolute Gasteiger partial charge is 0.355 e. The maximum absolute atomic E-state index is 11.6. The fourth-order valence-corrected chi connectivity index (χ4v) is 1.87. The fourth-order valence-electron chi connectivity index (χ4n) is 1.87. The summed E-state index contributed by atoms with van der Waals surface area (Å²) < 4.78 is 0. The normalized spacial score (nSPS) is 10.1. The van der Waals surface area contributed by atoms with Crippen molar-refractivity contribution >= 4 is 11.9 Å². The van der Waals surface area contributed by atoms with E-state index >= 15 is 0 Å². The second-order valence-corrected chi connectivity index (χ2v) is 4.48. The van der Waals surface area contributed by atoms with E-state index in [-0.39, 0.29) is 5.91 Å². The number of rotatable bonds is 5. The number of benzene rings is 1. The molecule has 0 unspecified atom stereocenters. The number of nitrogens with one attached hydrogen (secondary N) is 2. The van der Waals surface area contributed by atoms with Gasteiger partial charge in [-0.05, 0) is 37.1 Å². The summed E-state index contributed by atoms with van der Waals surface area (Å²) in [5.74, 6) is 0.564. The number of aryl methyl sites for hydroxylation is 1. The van der Waals surface area contributed by atoms with Gasteiger partial charge in [0.1, 0.15) is 0 Å². The van der Waals surface area contributed by atoms with Crippen molar-refractivity contribution in [1.29, 1.82) is 0 Å². The number of aromatic nitrogens is 2. The number of hydrogen-bond acceptors (Lipinski definition) is 4. The summed E-state index contributed by atoms with van der Waals surface area (Å²) in [5, 5.41) is 5.80. The van der Waals surface area contributed by atoms with E-state index < -0.39 is 0 Å². The smallest absolute Gasteiger partial charge is 0.251 e. The Morgan fingerprint density at radius 1 is 1.30 bits per heavy atom. The Labute approximate surface area is 118 Å². The van der Waals surface area contributed by atoms with Crippen molar-refractivity contribution in [2.75, 3.05) is 18.9 Å². The Kier molecular flexibility index (Phi) is 4.65. The minimum Gasteiger partial charge on any atom is -0.355 e. The van der Waals surface area contributed by atoms with Crippen molar-refractivity contribution < 1.29 is 4.79 Å². The SMILES string of the molecule is CNC(=O)c1cccc(CCNc2nccc(C)n2)c1. The number of amides is 1. The Morgan fingerprint density at radius 2 is 2.15 bits per heavy atom. The van der Waals surface area contributed by atoms with Crippen molar-refractivity contribution in [3.8, 4) is 0 Å². The van der Waals surface area contributed by atoms with Crippen LogP contribution in [-0.4, -0.2) is 29.5 Å². The van der Waals surface area contributed by atoms with Crippen LogP contribution in [0.5, 0.6) is 0 Å². The zero-order valence-corrected chi connectivity index (χ0v) is 11.7. The highest BCUT2D eigenvalue weighted by molar-refractivity contribution is 5.94. The molecule has 1 aromatic carbocycles. The molecule has 0 saturated heterocycles. The molecule has 0 bridgehead atoms. The van der Waals surface area contributed by atoms with Gasteiger partial charge in [-0.1, -0.05) is 12.1 Å². The molecule has 0 saturated carbocycles. The third-order valence-corrected chi connectivity index (χ3v) is 2.91. The predicted octanol–water partition coefficient (Wildman–Crippen LogP) is 1.80. The van der Waals surface area contributed by atoms with Gasteiger partial charge in [-0.3, -0.25) is 4.79 Å². The molecule has 2 N–H and O–H groups in total. The third-order valence-electron chi connectivity index (χ3n) is 2.91. The summed E-state index contributed by atoms with van der Waals surface area (Å²) >= 11 is 0. The first kappa shape index (κ1) is 14.0. The Morgan fingerprint density at radius 3 is 2.90 bits per heavy atom. The summed E-state index contributed by atoms with van der Waals surface area (Å²) in [6.07, 6.45) is 2.54. The average molecular weight is 270 g/mol. The molecule has 0 aliphatic rings. The van der Waals surface area contributed by atoms with Crippen LogP contribution >= 0.6 is 0 Å². The highest BCUT2D eigenvalue weighted by Gasteiger charge is 2.03. The highest BCUT2D eigenvalue weighted by Crippen LogP contribution is 2.07. The van der Waals surface area contributed by atoms with E-state index in [0.717, 1.165) is 24.2 Å². The van der Waals surface area contributed by atoms with Crippen molar-refractivity contribution in [2.45, 2.75) is 13.3 Å². The van der Waals surface area contributed by atoms with E-state index in [1.807, 2.05) is 31.2 Å². The van der Waals surface area contributed by atoms with Crippen molar-refractivity contribution in [1.82, 2.24) is 15.3 Å². The molecular formula is C15H18N4O. The first-order valence-electron chi connectivity index (χ1n) is 6.53. The molecule has 20 heavy (non-hydrogen) atoms. The quantitative estimate of drug-likeness (QED) is 0.869. The number of nitrogens with zero attached hydrogens (tertiary/aromatic N) is 2. The molecule has 1 amide bonds. The first-order valence-corrected chi connectivity index (χ1v) is 6.53. The topological polar surface area (TPSA) is 66.9 Å². The van der Waals surface area contributed by atoms with E-state index in [2.05, 4.69) is 20.6 Å². The van der Waals surface area contributed by atoms with E-state index in [1.165, 1.54) is 0 Å². The van der Waals surface area contributed by atoms with Gasteiger partial charge in [-0.2, -0.15) is 0 Å². The molecule has 0 atom stereocenters. The maximum Gasteiger partial charge on any atom is 0.251 e. The lowest BCUT2D eigenvalue weighted by Crippen LogP contribution is -2.18. The molecule has 0 spiro atoms. The summed E-state index contributed by atoms with van der Waals surface area (Å²) in [6, 6.07) is 9.46. The van der Waals surface area contributed by atoms with Crippen LogP contribution in [0.4, 0.5) is 5.95 Å². The minimum absolute atomic E-state index is 0.0678. The van der Waals surface area contributed by atoms with Gasteiger partial charge >= 0.3 is 0 Å². The predicted molar refractivity (Wildman–Crippen MR) is 78.8 cm³/mol. The molecular weight excluding hydrogens is 252 g/mol. The number of carbonyl (C=O) groups is 1. The lowest BCUT2D eigenvalue weighted by atomic mass is 10.1. The number of hydrogen-bond donors (Lipinski definition) is 2. The van der Waals surface area contributed by atoms with Crippen molar-refractivity contribution in [3.05, 3.63) is 53.3 Å². The molecule has 0 aliphatic carbocycles. The van der Waals surface area contributed by atoms with Gasteiger partial charge in [0.15, 0.2) is 0 Å². The monoisotopic (exact) mass is 270 g/mol. The van der Waals surface area contributed by atoms with E-state index in [9.17, 15) is 4.79 Å². The van der Waals surface area contributed by atoms with Crippen LogP contribution in [0.15, 0.2) is 36.5 Å². The third kappa shape index (κ3) is 3.78. The molecule has 2 aromatic rings. The van der Waals surface area contributed by atoms with E-state index in [1.54, 1.807) is 19.3 Å². The summed E-state index contributed by atoms with van der Waals surface area (Å²) in [5.41, 5.74) is 2.71. The van der Waals surface area contributed by atoms with Crippen LogP contribution in [0.25, 0.3) is 0 Å². The summed E-state index contributed by atoms with van der Waals surface area (Å²) in [4.78, 5) is 20.0. The Balaban J connectivity index is 1.92. The molecule has 0 aliphatic heterocycles. The van der Waals surface area contributed by atoms with Crippen LogP contribution in [0.3, 0.4) is 0 Å². The maximum atomic E-state index is 11.6. The van der Waals surface area contributed by atoms with Crippen LogP contribution in [-0.2, 0) is 6.42 Å². The molecule has 2 rings (SSSR count). The number of carbonyl (C=O) groups excluding carboxylic acids is 1. The second kappa shape index (κ2) is 6.65. The van der Waals surface area contributed by atoms with Gasteiger partial charge in [0.25, 0.3) is 5.91 Å². The van der Waals surface area contributed by atoms with Gasteiger partial charge < -0.3 is 10.6 Å². The average Bonchev–Trinajstić information content (AvgIpc) is 2.47. The van der Waals surface area contributed by atoms with Gasteiger partial charge in [-0.25, -0.2) is 9.97 Å². The molecule has 1 aromatic heterocycles. The minimum atomic E-state index is -0.0678. The summed E-state index contributed by atoms with van der Waals surface area (Å²) in [7, 11) is 1.63. The standard InChI is InChI=1S/C15H18N4O/c1-11-6-8-17-15(19-11)18-9-7-12-4-3-5-13(10-12)14(20)16-2/h3-6,8,10H,7,9H2,1-2H3,(H,16,20)(H,17,18,19). The number of anilines is 1. The molecule has 5 heteroatoms. The summed E-state index contributed by atoms with van der Waals surface area (Å²) in [6.45, 7) is 2.65. The van der Waals surface area contributed by atoms with E-state index in [0.29, 0.717) is 11.5 Å². The van der Waals surface area contributed by atoms with Gasteiger partial charge in [0.05, 0.1) is 0 Å². The Hall–Kier alpha value is -2.43. The molecule has 104 valence electrons. The zero-order chi connectivity index (χ0) is 14.4. The van der Waals surface area contributed by atoms with Crippen LogP contribution in [0, 0.1) is 6.92 Å². The molecule has 0 fully saturated rings. The van der Waals surface area contributed by atoms with Crippen molar-refractivity contribution in [2.24, 2.45) is 0 Å². The lowest BCUT2D eigenvalue weighted by Gasteiger charge is -2.06. The highest BCUT2D eigenvalue weighted by atomic mass is 16.1. The molecule has 5 nitrogen and oxygen atoms in total. The van der Waals surface area contributed by atoms with Gasteiger partial charge in [-0.15, -0.1) is 0 Å². The van der Waals surface area contributed by atoms with Crippen LogP contribution in [0.2, 0.25) is 0 Å². The van der Waals surface area contributed by atoms with Gasteiger partial charge in [0, 0.05) is 31.0 Å². The van der Waals surface area contributed by atoms with Crippen molar-refractivity contribution in [3.63, 3.8) is 0 Å². The fraction of sp³-hybridized carbons (Fsp3) is 0.267. The molecule has 0 radical (unpaired) electrons. The second-order valence-electron chi connectivity index (χ2n) is 4.48.